The maximum absolute atomic E-state index is 13.8. The Labute approximate surface area is 214 Å². The molecule has 1 amide bonds. The molecular weight excluding hydrogens is 470 g/mol. The average Bonchev–Trinajstić information content (AvgIpc) is 3.58. The zero-order valence-corrected chi connectivity index (χ0v) is 21.7. The third-order valence-corrected chi connectivity index (χ3v) is 6.87. The molecule has 0 bridgehead atoms. The normalized spacial score (nSPS) is 12.4. The minimum absolute atomic E-state index is 0.183. The fraction of sp³-hybridized carbons (Fsp3) is 0.296. The van der Waals surface area contributed by atoms with Crippen LogP contribution >= 0.6 is 11.3 Å². The van der Waals surface area contributed by atoms with Gasteiger partial charge in [-0.05, 0) is 49.3 Å². The first kappa shape index (κ1) is 23.9. The summed E-state index contributed by atoms with van der Waals surface area (Å²) in [7, 11) is 0. The zero-order chi connectivity index (χ0) is 25.2. The second kappa shape index (κ2) is 10.0. The monoisotopic (exact) mass is 499 g/mol. The molecule has 4 heterocycles. The van der Waals surface area contributed by atoms with Gasteiger partial charge in [-0.2, -0.15) is 5.10 Å². The lowest BCUT2D eigenvalue weighted by molar-refractivity contribution is 0.0930. The Morgan fingerprint density at radius 1 is 1.08 bits per heavy atom. The van der Waals surface area contributed by atoms with Crippen molar-refractivity contribution in [3.8, 4) is 10.6 Å². The minimum atomic E-state index is -0.329. The van der Waals surface area contributed by atoms with Gasteiger partial charge in [-0.25, -0.2) is 4.98 Å². The van der Waals surface area contributed by atoms with Crippen LogP contribution in [0.2, 0.25) is 0 Å². The van der Waals surface area contributed by atoms with Gasteiger partial charge in [-0.3, -0.25) is 13.9 Å². The first-order chi connectivity index (χ1) is 17.4. The summed E-state index contributed by atoms with van der Waals surface area (Å²) in [5.74, 6) is 1.38. The predicted molar refractivity (Wildman–Crippen MR) is 141 cm³/mol. The number of hydrogen-bond donors (Lipinski definition) is 1. The summed E-state index contributed by atoms with van der Waals surface area (Å²) in [4.78, 5) is 19.2. The molecule has 0 fully saturated rings. The van der Waals surface area contributed by atoms with E-state index in [1.165, 1.54) is 0 Å². The van der Waals surface area contributed by atoms with Crippen LogP contribution in [0.4, 0.5) is 0 Å². The first-order valence-corrected chi connectivity index (χ1v) is 12.9. The van der Waals surface area contributed by atoms with Crippen LogP contribution in [0.25, 0.3) is 16.3 Å². The van der Waals surface area contributed by atoms with Gasteiger partial charge in [-0.15, -0.1) is 21.5 Å². The predicted octanol–water partition coefficient (Wildman–Crippen LogP) is 5.23. The molecule has 1 atom stereocenters. The number of thiophene rings is 1. The molecule has 1 aromatic carbocycles. The second-order valence-electron chi connectivity index (χ2n) is 9.44. The number of carbonyl (C=O) groups excluding carboxylic acids is 1. The topological polar surface area (TPSA) is 90.0 Å². The smallest absolute Gasteiger partial charge is 0.255 e. The maximum atomic E-state index is 13.8. The van der Waals surface area contributed by atoms with Crippen LogP contribution in [-0.4, -0.2) is 35.3 Å². The quantitative estimate of drug-likeness (QED) is 0.316. The zero-order valence-electron chi connectivity index (χ0n) is 20.8. The molecule has 4 aromatic heterocycles. The van der Waals surface area contributed by atoms with Gasteiger partial charge in [0.15, 0.2) is 5.82 Å². The average molecular weight is 500 g/mol. The number of hydrogen-bond acceptors (Lipinski definition) is 6. The summed E-state index contributed by atoms with van der Waals surface area (Å²) in [5, 5.41) is 18.8. The summed E-state index contributed by atoms with van der Waals surface area (Å²) < 4.78 is 3.76. The number of amides is 1. The molecule has 0 unspecified atom stereocenters. The van der Waals surface area contributed by atoms with Gasteiger partial charge >= 0.3 is 0 Å². The molecule has 184 valence electrons. The summed E-state index contributed by atoms with van der Waals surface area (Å²) in [6.45, 7) is 8.79. The van der Waals surface area contributed by atoms with Crippen molar-refractivity contribution in [2.45, 2.75) is 46.7 Å². The molecule has 1 N–H and O–H groups in total. The highest BCUT2D eigenvalue weighted by molar-refractivity contribution is 7.13. The Bertz CT molecular complexity index is 1490. The standard InChI is InChI=1S/C27H29N7OS/c1-17(2)13-22(25-30-31-27-28-18(3)14-19(4)34(25)27)29-26(35)21-16-33(15-20-9-6-5-7-10-20)32-24(21)23-11-8-12-36-23/h5-12,14,16-17,22H,13,15H2,1-4H3,(H,29,35)/t22-/m1/s1. The Balaban J connectivity index is 1.50. The molecule has 0 aliphatic heterocycles. The lowest BCUT2D eigenvalue weighted by Gasteiger charge is -2.20. The van der Waals surface area contributed by atoms with Crippen molar-refractivity contribution in [1.29, 1.82) is 0 Å². The van der Waals surface area contributed by atoms with Crippen molar-refractivity contribution < 1.29 is 4.79 Å². The highest BCUT2D eigenvalue weighted by Gasteiger charge is 2.26. The molecule has 0 aliphatic rings. The van der Waals surface area contributed by atoms with Gasteiger partial charge < -0.3 is 5.32 Å². The Hall–Kier alpha value is -3.85. The van der Waals surface area contributed by atoms with Crippen LogP contribution in [-0.2, 0) is 6.54 Å². The second-order valence-corrected chi connectivity index (χ2v) is 10.4. The summed E-state index contributed by atoms with van der Waals surface area (Å²) >= 11 is 1.57. The summed E-state index contributed by atoms with van der Waals surface area (Å²) in [5.41, 5.74) is 4.21. The number of nitrogens with one attached hydrogen (secondary N) is 1. The molecule has 5 aromatic rings. The maximum Gasteiger partial charge on any atom is 0.255 e. The van der Waals surface area contributed by atoms with Crippen LogP contribution in [0.15, 0.2) is 60.1 Å². The largest absolute Gasteiger partial charge is 0.342 e. The number of aryl methyl sites for hydroxylation is 2. The van der Waals surface area contributed by atoms with Gasteiger partial charge in [0.1, 0.15) is 5.69 Å². The van der Waals surface area contributed by atoms with E-state index in [1.54, 1.807) is 11.3 Å². The van der Waals surface area contributed by atoms with Crippen molar-refractivity contribution in [2.75, 3.05) is 0 Å². The van der Waals surface area contributed by atoms with E-state index in [0.717, 1.165) is 21.8 Å². The van der Waals surface area contributed by atoms with Crippen LogP contribution in [0, 0.1) is 19.8 Å². The molecule has 0 spiro atoms. The van der Waals surface area contributed by atoms with E-state index in [2.05, 4.69) is 46.5 Å². The van der Waals surface area contributed by atoms with E-state index in [9.17, 15) is 4.79 Å². The van der Waals surface area contributed by atoms with Gasteiger partial charge in [0.25, 0.3) is 11.7 Å². The Kier molecular flexibility index (Phi) is 6.65. The SMILES string of the molecule is Cc1cc(C)n2c([C@@H](CC(C)C)NC(=O)c3cn(Cc4ccccc4)nc3-c3cccs3)nnc2n1. The van der Waals surface area contributed by atoms with Crippen molar-refractivity contribution in [1.82, 2.24) is 34.7 Å². The van der Waals surface area contributed by atoms with E-state index < -0.39 is 0 Å². The lowest BCUT2D eigenvalue weighted by atomic mass is 10.0. The van der Waals surface area contributed by atoms with Gasteiger partial charge in [-0.1, -0.05) is 50.2 Å². The molecule has 9 heteroatoms. The van der Waals surface area contributed by atoms with Crippen LogP contribution in [0.1, 0.15) is 59.4 Å². The van der Waals surface area contributed by atoms with Gasteiger partial charge in [0.2, 0.25) is 0 Å². The van der Waals surface area contributed by atoms with Crippen molar-refractivity contribution in [2.24, 2.45) is 5.92 Å². The fourth-order valence-electron chi connectivity index (χ4n) is 4.45. The number of carbonyl (C=O) groups is 1. The van der Waals surface area contributed by atoms with Crippen LogP contribution < -0.4 is 5.32 Å². The Morgan fingerprint density at radius 3 is 2.61 bits per heavy atom. The number of aromatic nitrogens is 6. The van der Waals surface area contributed by atoms with Crippen molar-refractivity contribution >= 4 is 23.0 Å². The van der Waals surface area contributed by atoms with Gasteiger partial charge in [0.05, 0.1) is 23.0 Å². The summed E-state index contributed by atoms with van der Waals surface area (Å²) in [6, 6.07) is 15.7. The van der Waals surface area contributed by atoms with Crippen molar-refractivity contribution in [3.05, 3.63) is 88.4 Å². The van der Waals surface area contributed by atoms with E-state index in [-0.39, 0.29) is 11.9 Å². The first-order valence-electron chi connectivity index (χ1n) is 12.0. The minimum Gasteiger partial charge on any atom is -0.342 e. The van der Waals surface area contributed by atoms with E-state index >= 15 is 0 Å². The van der Waals surface area contributed by atoms with E-state index in [1.807, 2.05) is 70.9 Å². The van der Waals surface area contributed by atoms with Gasteiger partial charge in [0, 0.05) is 17.6 Å². The molecule has 5 rings (SSSR count). The fourth-order valence-corrected chi connectivity index (χ4v) is 5.17. The van der Waals surface area contributed by atoms with Crippen molar-refractivity contribution in [3.63, 3.8) is 0 Å². The molecular formula is C27H29N7OS. The summed E-state index contributed by atoms with van der Waals surface area (Å²) in [6.07, 6.45) is 2.55. The number of nitrogens with zero attached hydrogens (tertiary/aromatic N) is 6. The van der Waals surface area contributed by atoms with Crippen LogP contribution in [0.5, 0.6) is 0 Å². The van der Waals surface area contributed by atoms with Crippen LogP contribution in [0.3, 0.4) is 0 Å². The highest BCUT2D eigenvalue weighted by Crippen LogP contribution is 2.28. The third-order valence-electron chi connectivity index (χ3n) is 5.99. The lowest BCUT2D eigenvalue weighted by Crippen LogP contribution is -2.31. The van der Waals surface area contributed by atoms with E-state index in [0.29, 0.717) is 41.7 Å². The number of fused-ring (bicyclic) bond motifs is 1. The highest BCUT2D eigenvalue weighted by atomic mass is 32.1. The molecule has 0 radical (unpaired) electrons. The molecule has 0 saturated carbocycles. The molecule has 0 saturated heterocycles. The molecule has 8 nitrogen and oxygen atoms in total. The Morgan fingerprint density at radius 2 is 1.89 bits per heavy atom. The molecule has 0 aliphatic carbocycles. The number of rotatable bonds is 8. The molecule has 36 heavy (non-hydrogen) atoms. The number of benzene rings is 1. The van der Waals surface area contributed by atoms with E-state index in [4.69, 9.17) is 5.10 Å². The third kappa shape index (κ3) is 4.92.